The van der Waals surface area contributed by atoms with Gasteiger partial charge in [0.05, 0.1) is 0 Å². The van der Waals surface area contributed by atoms with Gasteiger partial charge >= 0.3 is 5.97 Å². The number of benzene rings is 1. The maximum atomic E-state index is 11.6. The first-order chi connectivity index (χ1) is 7.54. The fraction of sp³-hybridized carbons (Fsp3) is 0.231. The maximum absolute atomic E-state index is 11.6. The number of hydrogen-bond donors (Lipinski definition) is 1. The Labute approximate surface area is 94.4 Å². The van der Waals surface area contributed by atoms with E-state index in [0.717, 1.165) is 11.6 Å². The number of rotatable bonds is 4. The van der Waals surface area contributed by atoms with Crippen LogP contribution >= 0.6 is 0 Å². The summed E-state index contributed by atoms with van der Waals surface area (Å²) in [7, 11) is 0. The summed E-state index contributed by atoms with van der Waals surface area (Å²) in [4.78, 5) is 22.1. The molecule has 0 heterocycles. The summed E-state index contributed by atoms with van der Waals surface area (Å²) in [5, 5.41) is 8.54. The average Bonchev–Trinajstić information content (AvgIpc) is 2.26. The summed E-state index contributed by atoms with van der Waals surface area (Å²) in [6.45, 7) is 3.69. The topological polar surface area (TPSA) is 54.4 Å². The molecule has 0 bridgehead atoms. The van der Waals surface area contributed by atoms with Crippen LogP contribution in [0.1, 0.15) is 34.8 Å². The molecule has 0 spiro atoms. The molecule has 84 valence electrons. The van der Waals surface area contributed by atoms with Crippen LogP contribution in [0.4, 0.5) is 0 Å². The van der Waals surface area contributed by atoms with E-state index < -0.39 is 5.97 Å². The number of carboxylic acid groups (broad SMARTS) is 1. The lowest BCUT2D eigenvalue weighted by atomic mass is 9.99. The standard InChI is InChI=1S/C13H14O3/c1-3-12(14)11-8-9(2)4-5-10(11)6-7-13(15)16/h4-8H,3H2,1-2H3,(H,15,16)/b7-6+. The van der Waals surface area contributed by atoms with E-state index >= 15 is 0 Å². The summed E-state index contributed by atoms with van der Waals surface area (Å²) < 4.78 is 0. The van der Waals surface area contributed by atoms with Crippen LogP contribution in [0.15, 0.2) is 24.3 Å². The summed E-state index contributed by atoms with van der Waals surface area (Å²) in [6, 6.07) is 5.40. The monoisotopic (exact) mass is 218 g/mol. The molecule has 1 aromatic carbocycles. The van der Waals surface area contributed by atoms with E-state index in [4.69, 9.17) is 5.11 Å². The van der Waals surface area contributed by atoms with E-state index in [9.17, 15) is 9.59 Å². The van der Waals surface area contributed by atoms with Crippen molar-refractivity contribution in [2.75, 3.05) is 0 Å². The first-order valence-corrected chi connectivity index (χ1v) is 5.09. The van der Waals surface area contributed by atoms with Gasteiger partial charge in [-0.25, -0.2) is 4.79 Å². The highest BCUT2D eigenvalue weighted by Crippen LogP contribution is 2.15. The molecule has 0 atom stereocenters. The van der Waals surface area contributed by atoms with Crippen LogP contribution in [-0.2, 0) is 4.79 Å². The van der Waals surface area contributed by atoms with Crippen molar-refractivity contribution in [3.8, 4) is 0 Å². The number of aliphatic carboxylic acids is 1. The van der Waals surface area contributed by atoms with Crippen molar-refractivity contribution in [1.29, 1.82) is 0 Å². The zero-order valence-electron chi connectivity index (χ0n) is 9.36. The van der Waals surface area contributed by atoms with Gasteiger partial charge in [0, 0.05) is 18.1 Å². The number of Topliss-reactive ketones (excluding diaryl/α,β-unsaturated/α-hetero) is 1. The molecule has 3 heteroatoms. The molecule has 16 heavy (non-hydrogen) atoms. The number of carbonyl (C=O) groups excluding carboxylic acids is 1. The van der Waals surface area contributed by atoms with E-state index in [1.807, 2.05) is 13.0 Å². The summed E-state index contributed by atoms with van der Waals surface area (Å²) in [6.07, 6.45) is 2.90. The average molecular weight is 218 g/mol. The molecule has 1 rings (SSSR count). The second-order valence-electron chi connectivity index (χ2n) is 3.54. The third-order valence-corrected chi connectivity index (χ3v) is 2.24. The van der Waals surface area contributed by atoms with E-state index in [0.29, 0.717) is 17.5 Å². The van der Waals surface area contributed by atoms with Crippen LogP contribution in [-0.4, -0.2) is 16.9 Å². The second kappa shape index (κ2) is 5.26. The summed E-state index contributed by atoms with van der Waals surface area (Å²) >= 11 is 0. The van der Waals surface area contributed by atoms with Gasteiger partial charge in [-0.1, -0.05) is 24.6 Å². The van der Waals surface area contributed by atoms with Crippen LogP contribution < -0.4 is 0 Å². The molecule has 0 saturated carbocycles. The van der Waals surface area contributed by atoms with Crippen molar-refractivity contribution >= 4 is 17.8 Å². The molecule has 0 unspecified atom stereocenters. The molecule has 0 amide bonds. The van der Waals surface area contributed by atoms with Crippen LogP contribution in [0, 0.1) is 6.92 Å². The number of hydrogen-bond acceptors (Lipinski definition) is 2. The number of carbonyl (C=O) groups is 2. The highest BCUT2D eigenvalue weighted by Gasteiger charge is 2.07. The predicted molar refractivity (Wildman–Crippen MR) is 62.5 cm³/mol. The highest BCUT2D eigenvalue weighted by atomic mass is 16.4. The Balaban J connectivity index is 3.17. The van der Waals surface area contributed by atoms with Crippen molar-refractivity contribution in [3.05, 3.63) is 41.0 Å². The first-order valence-electron chi connectivity index (χ1n) is 5.09. The van der Waals surface area contributed by atoms with Crippen LogP contribution in [0.3, 0.4) is 0 Å². The Kier molecular flexibility index (Phi) is 4.00. The largest absolute Gasteiger partial charge is 0.478 e. The minimum absolute atomic E-state index is 0.0220. The SMILES string of the molecule is CCC(=O)c1cc(C)ccc1/C=C/C(=O)O. The Bertz CT molecular complexity index is 444. The molecule has 3 nitrogen and oxygen atoms in total. The Morgan fingerprint density at radius 2 is 2.06 bits per heavy atom. The fourth-order valence-corrected chi connectivity index (χ4v) is 1.41. The minimum Gasteiger partial charge on any atom is -0.478 e. The Morgan fingerprint density at radius 1 is 1.38 bits per heavy atom. The summed E-state index contributed by atoms with van der Waals surface area (Å²) in [5.74, 6) is -0.996. The van der Waals surface area contributed by atoms with Gasteiger partial charge in [-0.2, -0.15) is 0 Å². The smallest absolute Gasteiger partial charge is 0.328 e. The zero-order chi connectivity index (χ0) is 12.1. The van der Waals surface area contributed by atoms with Crippen molar-refractivity contribution in [1.82, 2.24) is 0 Å². The highest BCUT2D eigenvalue weighted by molar-refractivity contribution is 6.00. The molecular weight excluding hydrogens is 204 g/mol. The van der Waals surface area contributed by atoms with E-state index in [-0.39, 0.29) is 5.78 Å². The van der Waals surface area contributed by atoms with Gasteiger partial charge in [0.2, 0.25) is 0 Å². The van der Waals surface area contributed by atoms with Gasteiger partial charge in [-0.3, -0.25) is 4.79 Å². The third kappa shape index (κ3) is 3.05. The lowest BCUT2D eigenvalue weighted by Gasteiger charge is -2.04. The quantitative estimate of drug-likeness (QED) is 0.624. The molecule has 0 aliphatic heterocycles. The van der Waals surface area contributed by atoms with E-state index in [2.05, 4.69) is 0 Å². The number of ketones is 1. The van der Waals surface area contributed by atoms with Gasteiger partial charge in [-0.15, -0.1) is 0 Å². The van der Waals surface area contributed by atoms with Crippen molar-refractivity contribution in [2.45, 2.75) is 20.3 Å². The van der Waals surface area contributed by atoms with Gasteiger partial charge in [0.25, 0.3) is 0 Å². The lowest BCUT2D eigenvalue weighted by molar-refractivity contribution is -0.131. The summed E-state index contributed by atoms with van der Waals surface area (Å²) in [5.41, 5.74) is 2.23. The van der Waals surface area contributed by atoms with Crippen molar-refractivity contribution < 1.29 is 14.7 Å². The molecule has 1 aromatic rings. The maximum Gasteiger partial charge on any atom is 0.328 e. The molecule has 0 aromatic heterocycles. The lowest BCUT2D eigenvalue weighted by Crippen LogP contribution is -2.00. The Hall–Kier alpha value is -1.90. The van der Waals surface area contributed by atoms with Crippen molar-refractivity contribution in [2.24, 2.45) is 0 Å². The molecule has 0 aliphatic rings. The van der Waals surface area contributed by atoms with Gasteiger partial charge in [-0.05, 0) is 24.6 Å². The number of aryl methyl sites for hydroxylation is 1. The molecule has 0 saturated heterocycles. The van der Waals surface area contributed by atoms with Gasteiger partial charge in [0.1, 0.15) is 0 Å². The fourth-order valence-electron chi connectivity index (χ4n) is 1.41. The predicted octanol–water partition coefficient (Wildman–Crippen LogP) is 2.69. The third-order valence-electron chi connectivity index (χ3n) is 2.24. The van der Waals surface area contributed by atoms with Crippen LogP contribution in [0.2, 0.25) is 0 Å². The van der Waals surface area contributed by atoms with E-state index in [1.54, 1.807) is 19.1 Å². The van der Waals surface area contributed by atoms with Gasteiger partial charge in [0.15, 0.2) is 5.78 Å². The number of carboxylic acids is 1. The van der Waals surface area contributed by atoms with E-state index in [1.165, 1.54) is 6.08 Å². The minimum atomic E-state index is -1.02. The first kappa shape index (κ1) is 12.2. The van der Waals surface area contributed by atoms with Gasteiger partial charge < -0.3 is 5.11 Å². The Morgan fingerprint density at radius 3 is 2.62 bits per heavy atom. The zero-order valence-corrected chi connectivity index (χ0v) is 9.36. The molecule has 1 N–H and O–H groups in total. The van der Waals surface area contributed by atoms with Crippen LogP contribution in [0.25, 0.3) is 6.08 Å². The van der Waals surface area contributed by atoms with Crippen molar-refractivity contribution in [3.63, 3.8) is 0 Å². The molecular formula is C13H14O3. The molecule has 0 fully saturated rings. The molecule has 0 aliphatic carbocycles. The molecule has 0 radical (unpaired) electrons. The second-order valence-corrected chi connectivity index (χ2v) is 3.54. The van der Waals surface area contributed by atoms with Crippen LogP contribution in [0.5, 0.6) is 0 Å². The normalized spacial score (nSPS) is 10.6.